The molecule has 0 radical (unpaired) electrons. The van der Waals surface area contributed by atoms with Gasteiger partial charge in [0.1, 0.15) is 16.4 Å². The van der Waals surface area contributed by atoms with Gasteiger partial charge in [0.2, 0.25) is 0 Å². The zero-order valence-corrected chi connectivity index (χ0v) is 17.6. The lowest BCUT2D eigenvalue weighted by Gasteiger charge is -2.14. The molecule has 0 aliphatic carbocycles. The highest BCUT2D eigenvalue weighted by atomic mass is 32.1. The first-order chi connectivity index (χ1) is 14.0. The highest BCUT2D eigenvalue weighted by molar-refractivity contribution is 7.10. The van der Waals surface area contributed by atoms with Gasteiger partial charge in [0.05, 0.1) is 17.9 Å². The number of carbonyl (C=O) groups is 1. The van der Waals surface area contributed by atoms with E-state index in [4.69, 9.17) is 0 Å². The molecule has 0 spiro atoms. The van der Waals surface area contributed by atoms with E-state index in [2.05, 4.69) is 20.4 Å². The summed E-state index contributed by atoms with van der Waals surface area (Å²) in [5.74, 6) is 0.580. The fraction of sp³-hybridized carbons (Fsp3) is 0.238. The summed E-state index contributed by atoms with van der Waals surface area (Å²) in [5, 5.41) is 10.2. The molecule has 8 heteroatoms. The normalized spacial score (nSPS) is 12.1. The number of hydrogen-bond donors (Lipinski definition) is 1. The Bertz CT molecular complexity index is 1140. The summed E-state index contributed by atoms with van der Waals surface area (Å²) in [6.45, 7) is 5.96. The molecule has 1 amide bonds. The summed E-state index contributed by atoms with van der Waals surface area (Å²) in [5.41, 5.74) is 4.45. The van der Waals surface area contributed by atoms with Crippen molar-refractivity contribution < 1.29 is 4.79 Å². The van der Waals surface area contributed by atoms with E-state index < -0.39 is 0 Å². The zero-order valence-electron chi connectivity index (χ0n) is 16.7. The molecular weight excluding hydrogens is 384 g/mol. The van der Waals surface area contributed by atoms with Crippen LogP contribution in [0.2, 0.25) is 0 Å². The molecule has 4 rings (SSSR count). The van der Waals surface area contributed by atoms with Gasteiger partial charge in [-0.15, -0.1) is 11.3 Å². The first kappa shape index (κ1) is 19.1. The van der Waals surface area contributed by atoms with Crippen LogP contribution in [0.5, 0.6) is 0 Å². The fourth-order valence-corrected chi connectivity index (χ4v) is 4.16. The topological polar surface area (TPSA) is 77.6 Å². The van der Waals surface area contributed by atoms with Crippen molar-refractivity contribution in [3.63, 3.8) is 0 Å². The summed E-state index contributed by atoms with van der Waals surface area (Å²) in [6.07, 6.45) is 5.13. The zero-order chi connectivity index (χ0) is 20.5. The molecule has 0 aliphatic rings. The molecule has 0 saturated carbocycles. The van der Waals surface area contributed by atoms with Gasteiger partial charge >= 0.3 is 0 Å². The molecule has 29 heavy (non-hydrogen) atoms. The number of aromatic nitrogens is 5. The van der Waals surface area contributed by atoms with Gasteiger partial charge in [-0.25, -0.2) is 4.98 Å². The molecule has 7 nitrogen and oxygen atoms in total. The minimum absolute atomic E-state index is 0.175. The monoisotopic (exact) mass is 406 g/mol. The van der Waals surface area contributed by atoms with E-state index in [1.165, 1.54) is 11.3 Å². The predicted molar refractivity (Wildman–Crippen MR) is 113 cm³/mol. The molecule has 4 aromatic heterocycles. The number of pyridine rings is 1. The van der Waals surface area contributed by atoms with Gasteiger partial charge in [-0.3, -0.25) is 14.5 Å². The van der Waals surface area contributed by atoms with Crippen LogP contribution in [0, 0.1) is 13.8 Å². The Hall–Kier alpha value is -3.26. The Morgan fingerprint density at radius 1 is 1.17 bits per heavy atom. The van der Waals surface area contributed by atoms with Crippen LogP contribution in [0.15, 0.2) is 48.2 Å². The largest absolute Gasteiger partial charge is 0.343 e. The number of nitrogens with zero attached hydrogens (tertiary/aromatic N) is 5. The van der Waals surface area contributed by atoms with Crippen molar-refractivity contribution in [3.05, 3.63) is 70.2 Å². The van der Waals surface area contributed by atoms with Crippen LogP contribution in [0.1, 0.15) is 39.7 Å². The van der Waals surface area contributed by atoms with E-state index in [0.29, 0.717) is 5.56 Å². The molecular formula is C21H22N6OS. The van der Waals surface area contributed by atoms with Crippen LogP contribution in [-0.4, -0.2) is 30.2 Å². The van der Waals surface area contributed by atoms with Crippen molar-refractivity contribution in [2.45, 2.75) is 26.8 Å². The number of thiazole rings is 1. The van der Waals surface area contributed by atoms with Gasteiger partial charge in [-0.1, -0.05) is 0 Å². The second-order valence-corrected chi connectivity index (χ2v) is 7.85. The molecule has 1 atom stereocenters. The van der Waals surface area contributed by atoms with Crippen LogP contribution in [0.3, 0.4) is 0 Å². The highest BCUT2D eigenvalue weighted by Crippen LogP contribution is 2.26. The van der Waals surface area contributed by atoms with Crippen molar-refractivity contribution in [3.8, 4) is 17.1 Å². The lowest BCUT2D eigenvalue weighted by molar-refractivity contribution is 0.0939. The lowest BCUT2D eigenvalue weighted by atomic mass is 10.2. The van der Waals surface area contributed by atoms with Gasteiger partial charge in [-0.05, 0) is 45.0 Å². The summed E-state index contributed by atoms with van der Waals surface area (Å²) in [4.78, 5) is 21.9. The molecule has 1 N–H and O–H groups in total. The maximum Gasteiger partial charge on any atom is 0.257 e. The molecule has 0 bridgehead atoms. The van der Waals surface area contributed by atoms with Crippen LogP contribution in [0.4, 0.5) is 0 Å². The van der Waals surface area contributed by atoms with E-state index in [1.54, 1.807) is 23.3 Å². The maximum atomic E-state index is 13.0. The van der Waals surface area contributed by atoms with Crippen LogP contribution >= 0.6 is 11.3 Å². The standard InChI is InChI=1S/C21H22N6OS/c1-13-7-8-14(2)27(13)21-17(11-23-26(21)4)19(28)24-15(3)20-25-18(12-29-20)16-6-5-9-22-10-16/h5-12,15H,1-4H3,(H,24,28). The summed E-state index contributed by atoms with van der Waals surface area (Å²) in [7, 11) is 1.84. The minimum atomic E-state index is -0.224. The molecule has 148 valence electrons. The van der Waals surface area contributed by atoms with Crippen molar-refractivity contribution in [1.29, 1.82) is 0 Å². The summed E-state index contributed by atoms with van der Waals surface area (Å²) >= 11 is 1.52. The quantitative estimate of drug-likeness (QED) is 0.546. The van der Waals surface area contributed by atoms with E-state index >= 15 is 0 Å². The number of nitrogens with one attached hydrogen (secondary N) is 1. The highest BCUT2D eigenvalue weighted by Gasteiger charge is 2.22. The van der Waals surface area contributed by atoms with Crippen molar-refractivity contribution in [1.82, 2.24) is 29.6 Å². The summed E-state index contributed by atoms with van der Waals surface area (Å²) < 4.78 is 3.76. The molecule has 4 heterocycles. The maximum absolute atomic E-state index is 13.0. The second kappa shape index (κ2) is 7.63. The number of carbonyl (C=O) groups excluding carboxylic acids is 1. The molecule has 4 aromatic rings. The minimum Gasteiger partial charge on any atom is -0.343 e. The molecule has 0 saturated heterocycles. The molecule has 0 aliphatic heterocycles. The van der Waals surface area contributed by atoms with Crippen LogP contribution in [-0.2, 0) is 7.05 Å². The smallest absolute Gasteiger partial charge is 0.257 e. The average Bonchev–Trinajstić information content (AvgIpc) is 3.42. The van der Waals surface area contributed by atoms with Crippen molar-refractivity contribution >= 4 is 17.2 Å². The van der Waals surface area contributed by atoms with Gasteiger partial charge in [-0.2, -0.15) is 5.10 Å². The SMILES string of the molecule is Cc1ccc(C)n1-c1c(C(=O)NC(C)c2nc(-c3cccnc3)cs2)cnn1C. The predicted octanol–water partition coefficient (Wildman–Crippen LogP) is 3.84. The van der Waals surface area contributed by atoms with Gasteiger partial charge in [0.25, 0.3) is 5.91 Å². The van der Waals surface area contributed by atoms with Crippen LogP contribution in [0.25, 0.3) is 17.1 Å². The molecule has 0 fully saturated rings. The average molecular weight is 407 g/mol. The van der Waals surface area contributed by atoms with Crippen molar-refractivity contribution in [2.24, 2.45) is 7.05 Å². The molecule has 0 aromatic carbocycles. The Kier molecular flexibility index (Phi) is 5.02. The second-order valence-electron chi connectivity index (χ2n) is 6.96. The van der Waals surface area contributed by atoms with Gasteiger partial charge < -0.3 is 9.88 Å². The van der Waals surface area contributed by atoms with Gasteiger partial charge in [0.15, 0.2) is 0 Å². The van der Waals surface area contributed by atoms with E-state index in [-0.39, 0.29) is 11.9 Å². The third kappa shape index (κ3) is 3.58. The summed E-state index contributed by atoms with van der Waals surface area (Å²) in [6, 6.07) is 7.69. The van der Waals surface area contributed by atoms with Crippen LogP contribution < -0.4 is 5.32 Å². The number of amides is 1. The third-order valence-corrected chi connectivity index (χ3v) is 5.86. The number of hydrogen-bond acceptors (Lipinski definition) is 5. The van der Waals surface area contributed by atoms with Crippen molar-refractivity contribution in [2.75, 3.05) is 0 Å². The number of aryl methyl sites for hydroxylation is 3. The lowest BCUT2D eigenvalue weighted by Crippen LogP contribution is -2.27. The Labute approximate surface area is 173 Å². The Morgan fingerprint density at radius 2 is 1.93 bits per heavy atom. The van der Waals surface area contributed by atoms with E-state index in [9.17, 15) is 4.79 Å². The fourth-order valence-electron chi connectivity index (χ4n) is 3.33. The first-order valence-corrected chi connectivity index (χ1v) is 10.2. The third-order valence-electron chi connectivity index (χ3n) is 4.83. The van der Waals surface area contributed by atoms with E-state index in [1.807, 2.05) is 62.0 Å². The van der Waals surface area contributed by atoms with E-state index in [0.717, 1.165) is 33.5 Å². The Balaban J connectivity index is 1.57. The first-order valence-electron chi connectivity index (χ1n) is 9.29. The molecule has 1 unspecified atom stereocenters. The van der Waals surface area contributed by atoms with Gasteiger partial charge in [0, 0.05) is 41.8 Å². The Morgan fingerprint density at radius 3 is 2.62 bits per heavy atom. The number of rotatable bonds is 5.